The topological polar surface area (TPSA) is 180 Å². The molecule has 2 unspecified atom stereocenters. The smallest absolute Gasteiger partial charge is 0.337 e. The molecule has 29 heavy (non-hydrogen) atoms. The molecule has 3 amide bonds. The van der Waals surface area contributed by atoms with E-state index in [1.807, 2.05) is 5.43 Å². The van der Waals surface area contributed by atoms with Gasteiger partial charge in [-0.1, -0.05) is 4.49 Å². The van der Waals surface area contributed by atoms with Gasteiger partial charge in [-0.3, -0.25) is 14.4 Å². The first kappa shape index (κ1) is 21.7. The predicted octanol–water partition coefficient (Wildman–Crippen LogP) is -1.17. The van der Waals surface area contributed by atoms with Crippen LogP contribution < -0.4 is 11.2 Å². The third-order valence-electron chi connectivity index (χ3n) is 4.29. The molecule has 0 spiro atoms. The van der Waals surface area contributed by atoms with Crippen LogP contribution in [0.25, 0.3) is 0 Å². The zero-order chi connectivity index (χ0) is 21.9. The van der Waals surface area contributed by atoms with Crippen molar-refractivity contribution in [2.45, 2.75) is 12.8 Å². The number of hydrazine groups is 1. The van der Waals surface area contributed by atoms with E-state index >= 15 is 0 Å². The van der Waals surface area contributed by atoms with Gasteiger partial charge < -0.3 is 19.9 Å². The Bertz CT molecular complexity index is 899. The zero-order valence-corrected chi connectivity index (χ0v) is 16.6. The standard InChI is InChI=1S/C15H17N5O8S/c1-6-8(10(21)26-2)15(13(24)28-4,12(23)20(6)18-14(16)25)9(11(22)27-3)7-5-29-19-17-7/h5,9H,1-4H3,(H3,16,18,25). The summed E-state index contributed by atoms with van der Waals surface area (Å²) in [4.78, 5) is 63.1. The number of carbonyl (C=O) groups is 5. The summed E-state index contributed by atoms with van der Waals surface area (Å²) in [6.45, 7) is 1.25. The maximum atomic E-state index is 13.4. The Kier molecular flexibility index (Phi) is 6.16. The molecule has 13 nitrogen and oxygen atoms in total. The van der Waals surface area contributed by atoms with E-state index < -0.39 is 46.8 Å². The number of allylic oxidation sites excluding steroid dienone is 1. The van der Waals surface area contributed by atoms with Crippen molar-refractivity contribution >= 4 is 41.4 Å². The molecule has 0 aromatic carbocycles. The molecule has 1 aliphatic heterocycles. The second-order valence-corrected chi connectivity index (χ2v) is 6.26. The summed E-state index contributed by atoms with van der Waals surface area (Å²) >= 11 is 0.834. The number of esters is 3. The van der Waals surface area contributed by atoms with Crippen LogP contribution >= 0.6 is 11.5 Å². The zero-order valence-electron chi connectivity index (χ0n) is 15.7. The van der Waals surface area contributed by atoms with Crippen LogP contribution in [-0.4, -0.2) is 65.8 Å². The Morgan fingerprint density at radius 2 is 1.86 bits per heavy atom. The number of nitrogens with zero attached hydrogens (tertiary/aromatic N) is 3. The Labute approximate surface area is 167 Å². The monoisotopic (exact) mass is 427 g/mol. The van der Waals surface area contributed by atoms with E-state index in [1.165, 1.54) is 12.3 Å². The van der Waals surface area contributed by atoms with Gasteiger partial charge in [0.1, 0.15) is 5.92 Å². The predicted molar refractivity (Wildman–Crippen MR) is 93.4 cm³/mol. The first-order chi connectivity index (χ1) is 13.7. The van der Waals surface area contributed by atoms with Gasteiger partial charge in [0.05, 0.1) is 38.3 Å². The quantitative estimate of drug-likeness (QED) is 0.319. The number of urea groups is 1. The summed E-state index contributed by atoms with van der Waals surface area (Å²) in [7, 11) is 2.99. The lowest BCUT2D eigenvalue weighted by Gasteiger charge is -2.32. The normalized spacial score (nSPS) is 19.6. The van der Waals surface area contributed by atoms with Gasteiger partial charge in [0.15, 0.2) is 0 Å². The van der Waals surface area contributed by atoms with E-state index in [4.69, 9.17) is 19.9 Å². The average molecular weight is 427 g/mol. The van der Waals surface area contributed by atoms with Gasteiger partial charge in [0.2, 0.25) is 5.41 Å². The lowest BCUT2D eigenvalue weighted by molar-refractivity contribution is -0.168. The molecular formula is C15H17N5O8S. The Morgan fingerprint density at radius 3 is 2.31 bits per heavy atom. The van der Waals surface area contributed by atoms with Crippen LogP contribution in [0.4, 0.5) is 4.79 Å². The van der Waals surface area contributed by atoms with E-state index in [2.05, 4.69) is 9.59 Å². The number of methoxy groups -OCH3 is 3. The van der Waals surface area contributed by atoms with Crippen molar-refractivity contribution in [2.75, 3.05) is 21.3 Å². The molecular weight excluding hydrogens is 410 g/mol. The third kappa shape index (κ3) is 3.26. The number of carbonyl (C=O) groups excluding carboxylic acids is 5. The highest BCUT2D eigenvalue weighted by atomic mass is 32.1. The maximum Gasteiger partial charge on any atom is 0.337 e. The van der Waals surface area contributed by atoms with Gasteiger partial charge in [0.25, 0.3) is 5.91 Å². The van der Waals surface area contributed by atoms with Crippen LogP contribution in [0.3, 0.4) is 0 Å². The maximum absolute atomic E-state index is 13.4. The van der Waals surface area contributed by atoms with E-state index in [0.29, 0.717) is 5.01 Å². The number of nitrogens with two attached hydrogens (primary N) is 1. The highest BCUT2D eigenvalue weighted by Crippen LogP contribution is 2.51. The van der Waals surface area contributed by atoms with Crippen LogP contribution in [0.1, 0.15) is 18.5 Å². The number of rotatable bonds is 6. The van der Waals surface area contributed by atoms with Crippen molar-refractivity contribution in [1.29, 1.82) is 0 Å². The van der Waals surface area contributed by atoms with Gasteiger partial charge in [-0.15, -0.1) is 5.10 Å². The third-order valence-corrected chi connectivity index (χ3v) is 4.82. The molecule has 0 fully saturated rings. The summed E-state index contributed by atoms with van der Waals surface area (Å²) in [5.74, 6) is -6.43. The number of hydrogen-bond acceptors (Lipinski definition) is 11. The number of hydrogen-bond donors (Lipinski definition) is 2. The molecule has 3 N–H and O–H groups in total. The van der Waals surface area contributed by atoms with E-state index in [-0.39, 0.29) is 11.4 Å². The number of primary amides is 1. The van der Waals surface area contributed by atoms with Gasteiger partial charge in [-0.25, -0.2) is 20.0 Å². The van der Waals surface area contributed by atoms with E-state index in [1.54, 1.807) is 0 Å². The fraction of sp³-hybridized carbons (Fsp3) is 0.400. The largest absolute Gasteiger partial charge is 0.468 e. The van der Waals surface area contributed by atoms with Crippen LogP contribution in [0.15, 0.2) is 16.7 Å². The molecule has 1 aromatic heterocycles. The average Bonchev–Trinajstić information content (AvgIpc) is 3.29. The van der Waals surface area contributed by atoms with Gasteiger partial charge in [-0.05, 0) is 18.5 Å². The SMILES string of the molecule is COC(=O)C1=C(C)N(NC(N)=O)C(=O)C1(C(=O)OC)C(C(=O)OC)c1csnn1. The van der Waals surface area contributed by atoms with E-state index in [9.17, 15) is 24.0 Å². The van der Waals surface area contributed by atoms with Gasteiger partial charge >= 0.3 is 23.9 Å². The minimum absolute atomic E-state index is 0.129. The Balaban J connectivity index is 2.93. The molecule has 1 aromatic rings. The van der Waals surface area contributed by atoms with Crippen LogP contribution in [0.5, 0.6) is 0 Å². The first-order valence-electron chi connectivity index (χ1n) is 7.81. The Hall–Kier alpha value is -3.55. The molecule has 0 aliphatic carbocycles. The van der Waals surface area contributed by atoms with Crippen molar-refractivity contribution < 1.29 is 38.2 Å². The first-order valence-corrected chi connectivity index (χ1v) is 8.65. The summed E-state index contributed by atoms with van der Waals surface area (Å²) < 4.78 is 17.9. The van der Waals surface area contributed by atoms with Crippen molar-refractivity contribution in [3.05, 3.63) is 22.3 Å². The second kappa shape index (κ2) is 8.22. The number of aromatic nitrogens is 2. The fourth-order valence-electron chi connectivity index (χ4n) is 3.16. The van der Waals surface area contributed by atoms with Crippen molar-refractivity contribution in [3.63, 3.8) is 0 Å². The lowest BCUT2D eigenvalue weighted by atomic mass is 9.68. The van der Waals surface area contributed by atoms with Crippen LogP contribution in [0.2, 0.25) is 0 Å². The highest BCUT2D eigenvalue weighted by Gasteiger charge is 2.68. The van der Waals surface area contributed by atoms with Crippen LogP contribution in [-0.2, 0) is 33.4 Å². The summed E-state index contributed by atoms with van der Waals surface area (Å²) in [5, 5.41) is 5.63. The molecule has 0 radical (unpaired) electrons. The van der Waals surface area contributed by atoms with Crippen molar-refractivity contribution in [2.24, 2.45) is 11.1 Å². The second-order valence-electron chi connectivity index (χ2n) is 5.65. The fourth-order valence-corrected chi connectivity index (χ4v) is 3.64. The van der Waals surface area contributed by atoms with Crippen LogP contribution in [0, 0.1) is 5.41 Å². The number of ether oxygens (including phenoxy) is 3. The molecule has 0 bridgehead atoms. The minimum Gasteiger partial charge on any atom is -0.468 e. The molecule has 2 rings (SSSR count). The highest BCUT2D eigenvalue weighted by molar-refractivity contribution is 7.03. The molecule has 0 saturated carbocycles. The molecule has 2 heterocycles. The minimum atomic E-state index is -2.61. The number of nitrogens with one attached hydrogen (secondary N) is 1. The number of amides is 3. The van der Waals surface area contributed by atoms with Gasteiger partial charge in [0, 0.05) is 5.38 Å². The van der Waals surface area contributed by atoms with E-state index in [0.717, 1.165) is 32.9 Å². The molecule has 156 valence electrons. The molecule has 14 heteroatoms. The molecule has 0 saturated heterocycles. The summed E-state index contributed by atoms with van der Waals surface area (Å²) in [6.07, 6.45) is 0. The van der Waals surface area contributed by atoms with Crippen molar-refractivity contribution in [3.8, 4) is 0 Å². The van der Waals surface area contributed by atoms with Gasteiger partial charge in [-0.2, -0.15) is 0 Å². The summed E-state index contributed by atoms with van der Waals surface area (Å²) in [6, 6.07) is -1.16. The Morgan fingerprint density at radius 1 is 1.21 bits per heavy atom. The molecule has 2 atom stereocenters. The van der Waals surface area contributed by atoms with Crippen molar-refractivity contribution in [1.82, 2.24) is 20.0 Å². The lowest BCUT2D eigenvalue weighted by Crippen LogP contribution is -2.55. The summed E-state index contributed by atoms with van der Waals surface area (Å²) in [5.41, 5.74) is 3.60. The molecule has 1 aliphatic rings.